The smallest absolute Gasteiger partial charge is 0.270 e. The Bertz CT molecular complexity index is 830. The first-order valence-electron chi connectivity index (χ1n) is 10.6. The van der Waals surface area contributed by atoms with Crippen LogP contribution in [-0.2, 0) is 0 Å². The van der Waals surface area contributed by atoms with Gasteiger partial charge >= 0.3 is 0 Å². The molecule has 3 atom stereocenters. The third kappa shape index (κ3) is 4.48. The molecule has 0 bridgehead atoms. The summed E-state index contributed by atoms with van der Waals surface area (Å²) in [5, 5.41) is 3.20. The lowest BCUT2D eigenvalue weighted by atomic mass is 9.87. The van der Waals surface area contributed by atoms with Crippen LogP contribution in [0.3, 0.4) is 0 Å². The molecule has 3 heterocycles. The molecule has 1 N–H and O–H groups in total. The van der Waals surface area contributed by atoms with Crippen LogP contribution in [0.25, 0.3) is 0 Å². The number of nitrogens with one attached hydrogen (secondary N) is 1. The molecule has 2 aliphatic heterocycles. The fraction of sp³-hybridized carbons (Fsp3) is 0.636. The van der Waals surface area contributed by atoms with Crippen LogP contribution in [0, 0.1) is 17.2 Å². The van der Waals surface area contributed by atoms with Crippen molar-refractivity contribution < 1.29 is 13.2 Å². The number of anilines is 2. The van der Waals surface area contributed by atoms with Gasteiger partial charge in [0.15, 0.2) is 11.6 Å². The predicted molar refractivity (Wildman–Crippen MR) is 117 cm³/mol. The van der Waals surface area contributed by atoms with Crippen molar-refractivity contribution in [2.24, 2.45) is 11.3 Å². The number of hydrogen-bond donors (Lipinski definition) is 1. The highest BCUT2D eigenvalue weighted by atomic mass is 32.2. The van der Waals surface area contributed by atoms with E-state index in [2.05, 4.69) is 22.2 Å². The minimum Gasteiger partial charge on any atom is -0.367 e. The maximum atomic E-state index is 15.3. The number of hydrogen-bond acceptors (Lipinski definition) is 5. The predicted octanol–water partition coefficient (Wildman–Crippen LogP) is 5.30. The van der Waals surface area contributed by atoms with Crippen molar-refractivity contribution in [1.82, 2.24) is 9.97 Å². The Morgan fingerprint density at radius 2 is 2.20 bits per heavy atom. The van der Waals surface area contributed by atoms with Gasteiger partial charge in [0.05, 0.1) is 0 Å². The third-order valence-electron chi connectivity index (χ3n) is 6.46. The number of rotatable bonds is 6. The molecule has 2 saturated heterocycles. The molecule has 2 fully saturated rings. The van der Waals surface area contributed by atoms with E-state index >= 15 is 4.39 Å². The average molecular weight is 439 g/mol. The molecule has 3 unspecified atom stereocenters. The normalized spacial score (nSPS) is 29.4. The summed E-state index contributed by atoms with van der Waals surface area (Å²) in [7, 11) is 0. The summed E-state index contributed by atoms with van der Waals surface area (Å²) in [6.45, 7) is 4.52. The van der Waals surface area contributed by atoms with Gasteiger partial charge in [-0.15, -0.1) is 0 Å². The summed E-state index contributed by atoms with van der Waals surface area (Å²) in [6, 6.07) is 0.0468. The number of alkyl halides is 2. The average Bonchev–Trinajstić information content (AvgIpc) is 3.36. The Labute approximate surface area is 180 Å². The van der Waals surface area contributed by atoms with E-state index in [-0.39, 0.29) is 28.8 Å². The van der Waals surface area contributed by atoms with Gasteiger partial charge < -0.3 is 10.2 Å². The molecule has 0 aromatic carbocycles. The molecule has 30 heavy (non-hydrogen) atoms. The van der Waals surface area contributed by atoms with Crippen LogP contribution in [-0.4, -0.2) is 46.5 Å². The monoisotopic (exact) mass is 438 g/mol. The molecule has 8 heteroatoms. The Morgan fingerprint density at radius 3 is 2.87 bits per heavy atom. The number of nitrogens with zero attached hydrogens (tertiary/aromatic N) is 3. The van der Waals surface area contributed by atoms with Crippen molar-refractivity contribution in [1.29, 1.82) is 0 Å². The second-order valence-corrected chi connectivity index (χ2v) is 10.1. The van der Waals surface area contributed by atoms with Crippen LogP contribution in [0.15, 0.2) is 30.1 Å². The second-order valence-electron chi connectivity index (χ2n) is 9.04. The highest BCUT2D eigenvalue weighted by molar-refractivity contribution is 7.99. The largest absolute Gasteiger partial charge is 0.367 e. The molecule has 0 amide bonds. The minimum absolute atomic E-state index is 0.0468. The Hall–Kier alpha value is -1.70. The highest BCUT2D eigenvalue weighted by Crippen LogP contribution is 2.38. The molecule has 1 aromatic heterocycles. The zero-order chi connectivity index (χ0) is 21.4. The molecule has 164 valence electrons. The van der Waals surface area contributed by atoms with Crippen LogP contribution >= 0.6 is 11.8 Å². The number of aromatic nitrogens is 2. The van der Waals surface area contributed by atoms with Gasteiger partial charge in [0, 0.05) is 43.3 Å². The summed E-state index contributed by atoms with van der Waals surface area (Å²) in [5.41, 5.74) is 0.206. The van der Waals surface area contributed by atoms with Crippen molar-refractivity contribution in [3.05, 3.63) is 35.9 Å². The van der Waals surface area contributed by atoms with E-state index in [1.807, 2.05) is 22.7 Å². The van der Waals surface area contributed by atoms with Gasteiger partial charge in [-0.2, -0.15) is 16.2 Å². The van der Waals surface area contributed by atoms with Gasteiger partial charge in [-0.05, 0) is 36.9 Å². The fourth-order valence-corrected chi connectivity index (χ4v) is 6.10. The van der Waals surface area contributed by atoms with Crippen LogP contribution < -0.4 is 10.2 Å². The topological polar surface area (TPSA) is 41.1 Å². The molecule has 1 aliphatic carbocycles. The maximum Gasteiger partial charge on any atom is 0.270 e. The van der Waals surface area contributed by atoms with Crippen LogP contribution in [0.4, 0.5) is 24.8 Å². The zero-order valence-electron chi connectivity index (χ0n) is 17.5. The van der Waals surface area contributed by atoms with E-state index in [0.29, 0.717) is 25.3 Å². The molecular formula is C22H29F3N4S. The SMILES string of the molecule is CC1(CNc2ncnc(N3CCCC3C3C=CC(C(C)(F)F)=CC3)c2F)CCSC1. The Morgan fingerprint density at radius 1 is 1.37 bits per heavy atom. The van der Waals surface area contributed by atoms with Gasteiger partial charge in [-0.3, -0.25) is 0 Å². The Balaban J connectivity index is 1.48. The quantitative estimate of drug-likeness (QED) is 0.653. The first-order valence-corrected chi connectivity index (χ1v) is 11.8. The van der Waals surface area contributed by atoms with Crippen LogP contribution in [0.1, 0.15) is 39.5 Å². The van der Waals surface area contributed by atoms with Crippen LogP contribution in [0.2, 0.25) is 0 Å². The number of halogens is 3. The molecular weight excluding hydrogens is 409 g/mol. The molecule has 4 nitrogen and oxygen atoms in total. The summed E-state index contributed by atoms with van der Waals surface area (Å²) >= 11 is 1.93. The molecule has 0 radical (unpaired) electrons. The lowest BCUT2D eigenvalue weighted by Gasteiger charge is -2.32. The molecule has 1 aromatic rings. The standard InChI is InChI=1S/C22H29F3N4S/c1-21(9-11-30-13-21)12-26-19-18(23)20(28-14-27-19)29-10-3-4-17(29)15-5-7-16(8-6-15)22(2,24)25/h5,7-8,14-15,17H,3-4,6,9-13H2,1-2H3,(H,26,27,28). The second kappa shape index (κ2) is 8.44. The third-order valence-corrected chi connectivity index (χ3v) is 7.85. The molecule has 4 rings (SSSR count). The van der Waals surface area contributed by atoms with Gasteiger partial charge in [-0.1, -0.05) is 25.2 Å². The molecule has 0 spiro atoms. The van der Waals surface area contributed by atoms with E-state index in [1.54, 1.807) is 6.08 Å². The Kier molecular flexibility index (Phi) is 6.06. The first kappa shape index (κ1) is 21.5. The van der Waals surface area contributed by atoms with Crippen LogP contribution in [0.5, 0.6) is 0 Å². The van der Waals surface area contributed by atoms with Crippen molar-refractivity contribution in [2.75, 3.05) is 34.8 Å². The van der Waals surface area contributed by atoms with Gasteiger partial charge in [0.25, 0.3) is 5.92 Å². The molecule has 0 saturated carbocycles. The fourth-order valence-electron chi connectivity index (χ4n) is 4.58. The summed E-state index contributed by atoms with van der Waals surface area (Å²) in [4.78, 5) is 10.4. The van der Waals surface area contributed by atoms with E-state index in [0.717, 1.165) is 37.7 Å². The summed E-state index contributed by atoms with van der Waals surface area (Å²) in [5.74, 6) is -0.423. The zero-order valence-corrected chi connectivity index (χ0v) is 18.3. The van der Waals surface area contributed by atoms with E-state index < -0.39 is 11.7 Å². The number of allylic oxidation sites excluding steroid dienone is 3. The van der Waals surface area contributed by atoms with E-state index in [4.69, 9.17) is 0 Å². The van der Waals surface area contributed by atoms with Crippen molar-refractivity contribution in [3.8, 4) is 0 Å². The summed E-state index contributed by atoms with van der Waals surface area (Å²) in [6.07, 6.45) is 9.86. The van der Waals surface area contributed by atoms with Gasteiger partial charge in [0.2, 0.25) is 5.82 Å². The van der Waals surface area contributed by atoms with Crippen molar-refractivity contribution in [3.63, 3.8) is 0 Å². The first-order chi connectivity index (χ1) is 14.3. The lowest BCUT2D eigenvalue weighted by Crippen LogP contribution is -2.37. The van der Waals surface area contributed by atoms with Crippen molar-refractivity contribution in [2.45, 2.75) is 51.5 Å². The van der Waals surface area contributed by atoms with Gasteiger partial charge in [-0.25, -0.2) is 18.7 Å². The van der Waals surface area contributed by atoms with Crippen molar-refractivity contribution >= 4 is 23.4 Å². The highest BCUT2D eigenvalue weighted by Gasteiger charge is 2.36. The summed E-state index contributed by atoms with van der Waals surface area (Å²) < 4.78 is 42.4. The molecule has 3 aliphatic rings. The van der Waals surface area contributed by atoms with E-state index in [1.165, 1.54) is 12.4 Å². The maximum absolute atomic E-state index is 15.3. The number of thioether (sulfide) groups is 1. The van der Waals surface area contributed by atoms with Gasteiger partial charge in [0.1, 0.15) is 6.33 Å². The minimum atomic E-state index is -2.83. The van der Waals surface area contributed by atoms with E-state index in [9.17, 15) is 8.78 Å². The lowest BCUT2D eigenvalue weighted by molar-refractivity contribution is 0.0665.